The molecule has 1 amide bonds. The van der Waals surface area contributed by atoms with Crippen molar-refractivity contribution >= 4 is 46.6 Å². The number of aliphatic imine (C=N–C) groups is 1. The zero-order chi connectivity index (χ0) is 19.9. The summed E-state index contributed by atoms with van der Waals surface area (Å²) in [6, 6.07) is 14.5. The standard InChI is InChI=1S/C22H30N4O2.HI/c1-16(2)21(27)26-13-11-18(15-26)25-22(23-3)24-12-14-28-20-10-6-8-17-7-4-5-9-19(17)20;/h4-10,16,18H,11-15H2,1-3H3,(H2,23,24,25);1H. The van der Waals surface area contributed by atoms with Crippen LogP contribution in [0.15, 0.2) is 47.5 Å². The molecule has 2 aromatic rings. The summed E-state index contributed by atoms with van der Waals surface area (Å²) in [7, 11) is 1.76. The molecule has 0 saturated carbocycles. The summed E-state index contributed by atoms with van der Waals surface area (Å²) in [6.07, 6.45) is 0.936. The molecule has 29 heavy (non-hydrogen) atoms. The first-order valence-corrected chi connectivity index (χ1v) is 9.95. The van der Waals surface area contributed by atoms with Crippen LogP contribution in [-0.2, 0) is 4.79 Å². The van der Waals surface area contributed by atoms with Gasteiger partial charge in [-0.3, -0.25) is 9.79 Å². The zero-order valence-corrected chi connectivity index (χ0v) is 19.7. The number of nitrogens with one attached hydrogen (secondary N) is 2. The summed E-state index contributed by atoms with van der Waals surface area (Å²) < 4.78 is 5.96. The molecule has 6 nitrogen and oxygen atoms in total. The predicted molar refractivity (Wildman–Crippen MR) is 129 cm³/mol. The maximum atomic E-state index is 12.1. The van der Waals surface area contributed by atoms with Crippen molar-refractivity contribution in [3.8, 4) is 5.75 Å². The van der Waals surface area contributed by atoms with Crippen LogP contribution in [0.2, 0.25) is 0 Å². The minimum Gasteiger partial charge on any atom is -0.491 e. The van der Waals surface area contributed by atoms with Gasteiger partial charge in [-0.15, -0.1) is 24.0 Å². The van der Waals surface area contributed by atoms with E-state index in [0.717, 1.165) is 36.6 Å². The average Bonchev–Trinajstić information content (AvgIpc) is 3.18. The van der Waals surface area contributed by atoms with E-state index in [0.29, 0.717) is 13.2 Å². The molecule has 2 aromatic carbocycles. The molecule has 0 aliphatic carbocycles. The molecule has 0 bridgehead atoms. The Bertz CT molecular complexity index is 835. The first kappa shape index (κ1) is 23.3. The van der Waals surface area contributed by atoms with Crippen molar-refractivity contribution in [1.29, 1.82) is 0 Å². The summed E-state index contributed by atoms with van der Waals surface area (Å²) in [5, 5.41) is 8.99. The number of guanidine groups is 1. The lowest BCUT2D eigenvalue weighted by atomic mass is 10.1. The van der Waals surface area contributed by atoms with Gasteiger partial charge in [0.2, 0.25) is 5.91 Å². The van der Waals surface area contributed by atoms with E-state index >= 15 is 0 Å². The van der Waals surface area contributed by atoms with Crippen LogP contribution in [0.25, 0.3) is 10.8 Å². The third kappa shape index (κ3) is 6.22. The maximum absolute atomic E-state index is 12.1. The smallest absolute Gasteiger partial charge is 0.225 e. The first-order chi connectivity index (χ1) is 13.6. The molecule has 3 rings (SSSR count). The lowest BCUT2D eigenvalue weighted by Crippen LogP contribution is -2.46. The molecule has 1 atom stereocenters. The Morgan fingerprint density at radius 1 is 1.24 bits per heavy atom. The van der Waals surface area contributed by atoms with Gasteiger partial charge in [0.15, 0.2) is 5.96 Å². The fourth-order valence-corrected chi connectivity index (χ4v) is 3.48. The second kappa shape index (κ2) is 11.2. The number of benzene rings is 2. The number of ether oxygens (including phenoxy) is 1. The Labute approximate surface area is 190 Å². The largest absolute Gasteiger partial charge is 0.491 e. The molecule has 1 saturated heterocycles. The molecular formula is C22H31IN4O2. The fraction of sp³-hybridized carbons (Fsp3) is 0.455. The highest BCUT2D eigenvalue weighted by Gasteiger charge is 2.27. The Balaban J connectivity index is 0.00000300. The summed E-state index contributed by atoms with van der Waals surface area (Å²) >= 11 is 0. The van der Waals surface area contributed by atoms with Crippen LogP contribution in [0, 0.1) is 5.92 Å². The van der Waals surface area contributed by atoms with Gasteiger partial charge in [0.25, 0.3) is 0 Å². The van der Waals surface area contributed by atoms with Gasteiger partial charge in [0, 0.05) is 37.5 Å². The summed E-state index contributed by atoms with van der Waals surface area (Å²) in [5.74, 6) is 1.89. The van der Waals surface area contributed by atoms with Crippen molar-refractivity contribution < 1.29 is 9.53 Å². The molecule has 1 aliphatic rings. The van der Waals surface area contributed by atoms with Crippen LogP contribution in [0.3, 0.4) is 0 Å². The Morgan fingerprint density at radius 2 is 2.00 bits per heavy atom. The minimum atomic E-state index is 0. The van der Waals surface area contributed by atoms with Crippen LogP contribution >= 0.6 is 24.0 Å². The highest BCUT2D eigenvalue weighted by Crippen LogP contribution is 2.24. The summed E-state index contributed by atoms with van der Waals surface area (Å²) in [6.45, 7) is 6.60. The number of hydrogen-bond donors (Lipinski definition) is 2. The highest BCUT2D eigenvalue weighted by molar-refractivity contribution is 14.0. The molecule has 1 unspecified atom stereocenters. The third-order valence-corrected chi connectivity index (χ3v) is 4.96. The quantitative estimate of drug-likeness (QED) is 0.271. The van der Waals surface area contributed by atoms with Gasteiger partial charge in [-0.05, 0) is 17.9 Å². The van der Waals surface area contributed by atoms with E-state index in [1.807, 2.05) is 43.0 Å². The van der Waals surface area contributed by atoms with Crippen LogP contribution < -0.4 is 15.4 Å². The van der Waals surface area contributed by atoms with Crippen LogP contribution in [0.1, 0.15) is 20.3 Å². The lowest BCUT2D eigenvalue weighted by Gasteiger charge is -2.20. The van der Waals surface area contributed by atoms with E-state index in [2.05, 4.69) is 33.8 Å². The van der Waals surface area contributed by atoms with Gasteiger partial charge in [0.1, 0.15) is 12.4 Å². The number of carbonyl (C=O) groups excluding carboxylic acids is 1. The predicted octanol–water partition coefficient (Wildman–Crippen LogP) is 3.26. The molecule has 1 heterocycles. The molecule has 1 fully saturated rings. The summed E-state index contributed by atoms with van der Waals surface area (Å²) in [4.78, 5) is 18.3. The van der Waals surface area contributed by atoms with Gasteiger partial charge in [-0.25, -0.2) is 0 Å². The number of likely N-dealkylation sites (tertiary alicyclic amines) is 1. The number of halogens is 1. The Kier molecular flexibility index (Phi) is 9.00. The molecule has 2 N–H and O–H groups in total. The van der Waals surface area contributed by atoms with Gasteiger partial charge in [0.05, 0.1) is 6.54 Å². The van der Waals surface area contributed by atoms with Gasteiger partial charge in [-0.2, -0.15) is 0 Å². The number of carbonyl (C=O) groups is 1. The van der Waals surface area contributed by atoms with E-state index in [1.54, 1.807) is 7.05 Å². The van der Waals surface area contributed by atoms with E-state index < -0.39 is 0 Å². The van der Waals surface area contributed by atoms with Gasteiger partial charge >= 0.3 is 0 Å². The molecule has 0 aromatic heterocycles. The van der Waals surface area contributed by atoms with Crippen LogP contribution in [-0.4, -0.2) is 56.1 Å². The Hall–Kier alpha value is -2.03. The van der Waals surface area contributed by atoms with Crippen molar-refractivity contribution in [3.05, 3.63) is 42.5 Å². The molecular weight excluding hydrogens is 479 g/mol. The van der Waals surface area contributed by atoms with E-state index in [9.17, 15) is 4.79 Å². The van der Waals surface area contributed by atoms with Crippen LogP contribution in [0.4, 0.5) is 0 Å². The maximum Gasteiger partial charge on any atom is 0.225 e. The highest BCUT2D eigenvalue weighted by atomic mass is 127. The molecule has 0 spiro atoms. The SMILES string of the molecule is CN=C(NCCOc1cccc2ccccc12)NC1CCN(C(=O)C(C)C)C1.I. The Morgan fingerprint density at radius 3 is 2.76 bits per heavy atom. The minimum absolute atomic E-state index is 0. The van der Waals surface area contributed by atoms with E-state index in [1.165, 1.54) is 5.39 Å². The fourth-order valence-electron chi connectivity index (χ4n) is 3.48. The molecule has 158 valence electrons. The first-order valence-electron chi connectivity index (χ1n) is 9.95. The monoisotopic (exact) mass is 510 g/mol. The van der Waals surface area contributed by atoms with Crippen LogP contribution in [0.5, 0.6) is 5.75 Å². The molecule has 7 heteroatoms. The molecule has 0 radical (unpaired) electrons. The second-order valence-electron chi connectivity index (χ2n) is 7.39. The zero-order valence-electron chi connectivity index (χ0n) is 17.4. The average molecular weight is 510 g/mol. The number of fused-ring (bicyclic) bond motifs is 1. The third-order valence-electron chi connectivity index (χ3n) is 4.96. The van der Waals surface area contributed by atoms with Crippen molar-refractivity contribution in [3.63, 3.8) is 0 Å². The summed E-state index contributed by atoms with van der Waals surface area (Å²) in [5.41, 5.74) is 0. The lowest BCUT2D eigenvalue weighted by molar-refractivity contribution is -0.133. The van der Waals surface area contributed by atoms with Gasteiger partial charge < -0.3 is 20.3 Å². The number of amides is 1. The number of rotatable bonds is 6. The topological polar surface area (TPSA) is 66.0 Å². The van der Waals surface area contributed by atoms with Crippen molar-refractivity contribution in [2.45, 2.75) is 26.3 Å². The van der Waals surface area contributed by atoms with Gasteiger partial charge in [-0.1, -0.05) is 50.2 Å². The van der Waals surface area contributed by atoms with Crippen molar-refractivity contribution in [1.82, 2.24) is 15.5 Å². The van der Waals surface area contributed by atoms with Crippen molar-refractivity contribution in [2.24, 2.45) is 10.9 Å². The molecule has 1 aliphatic heterocycles. The number of nitrogens with zero attached hydrogens (tertiary/aromatic N) is 2. The number of hydrogen-bond acceptors (Lipinski definition) is 3. The van der Waals surface area contributed by atoms with E-state index in [-0.39, 0.29) is 41.8 Å². The van der Waals surface area contributed by atoms with Crippen molar-refractivity contribution in [2.75, 3.05) is 33.3 Å². The van der Waals surface area contributed by atoms with E-state index in [4.69, 9.17) is 4.74 Å². The second-order valence-corrected chi connectivity index (χ2v) is 7.39. The normalized spacial score (nSPS) is 16.6.